The average molecular weight is 313 g/mol. The molecular weight excluding hydrogens is 290 g/mol. The van der Waals surface area contributed by atoms with E-state index in [0.29, 0.717) is 28.4 Å². The summed E-state index contributed by atoms with van der Waals surface area (Å²) in [6.45, 7) is 9.52. The van der Waals surface area contributed by atoms with Crippen LogP contribution in [0.4, 0.5) is 0 Å². The van der Waals surface area contributed by atoms with Gasteiger partial charge in [-0.1, -0.05) is 38.1 Å². The SMILES string of the molecule is CC(=O)c1c(C)[nH]c(C(=O)OCc2ccc(C(C)C)cc2)c1C. The molecule has 2 rings (SSSR count). The molecule has 0 aliphatic rings. The maximum Gasteiger partial charge on any atom is 0.355 e. The summed E-state index contributed by atoms with van der Waals surface area (Å²) in [7, 11) is 0. The first-order valence-electron chi connectivity index (χ1n) is 7.77. The van der Waals surface area contributed by atoms with Gasteiger partial charge in [0.1, 0.15) is 12.3 Å². The zero-order valence-electron chi connectivity index (χ0n) is 14.3. The van der Waals surface area contributed by atoms with E-state index in [0.717, 1.165) is 5.56 Å². The second kappa shape index (κ2) is 6.82. The molecule has 23 heavy (non-hydrogen) atoms. The van der Waals surface area contributed by atoms with E-state index in [2.05, 4.69) is 18.8 Å². The fourth-order valence-electron chi connectivity index (χ4n) is 2.70. The highest BCUT2D eigenvalue weighted by Crippen LogP contribution is 2.20. The lowest BCUT2D eigenvalue weighted by Crippen LogP contribution is -2.08. The molecule has 0 saturated carbocycles. The van der Waals surface area contributed by atoms with Crippen LogP contribution in [0, 0.1) is 13.8 Å². The Bertz CT molecular complexity index is 724. The van der Waals surface area contributed by atoms with E-state index in [9.17, 15) is 9.59 Å². The number of nitrogens with one attached hydrogen (secondary N) is 1. The topological polar surface area (TPSA) is 59.2 Å². The van der Waals surface area contributed by atoms with Crippen molar-refractivity contribution in [3.63, 3.8) is 0 Å². The van der Waals surface area contributed by atoms with Crippen LogP contribution in [-0.2, 0) is 11.3 Å². The van der Waals surface area contributed by atoms with E-state index in [1.165, 1.54) is 12.5 Å². The second-order valence-electron chi connectivity index (χ2n) is 6.15. The van der Waals surface area contributed by atoms with Crippen molar-refractivity contribution < 1.29 is 14.3 Å². The summed E-state index contributed by atoms with van der Waals surface area (Å²) in [6, 6.07) is 8.03. The van der Waals surface area contributed by atoms with E-state index in [-0.39, 0.29) is 12.4 Å². The molecular formula is C19H23NO3. The third kappa shape index (κ3) is 3.70. The fraction of sp³-hybridized carbons (Fsp3) is 0.368. The van der Waals surface area contributed by atoms with Crippen LogP contribution in [0.15, 0.2) is 24.3 Å². The third-order valence-electron chi connectivity index (χ3n) is 4.01. The number of Topliss-reactive ketones (excluding diaryl/α,β-unsaturated/α-hetero) is 1. The van der Waals surface area contributed by atoms with Crippen LogP contribution < -0.4 is 0 Å². The quantitative estimate of drug-likeness (QED) is 0.661. The molecule has 0 saturated heterocycles. The van der Waals surface area contributed by atoms with Crippen molar-refractivity contribution in [2.24, 2.45) is 0 Å². The van der Waals surface area contributed by atoms with Gasteiger partial charge in [0.15, 0.2) is 5.78 Å². The Hall–Kier alpha value is -2.36. The summed E-state index contributed by atoms with van der Waals surface area (Å²) >= 11 is 0. The summed E-state index contributed by atoms with van der Waals surface area (Å²) in [5, 5.41) is 0. The van der Waals surface area contributed by atoms with Crippen LogP contribution in [0.25, 0.3) is 0 Å². The van der Waals surface area contributed by atoms with Crippen LogP contribution in [0.5, 0.6) is 0 Å². The predicted octanol–water partition coefficient (Wildman–Crippen LogP) is 4.31. The molecule has 1 aromatic carbocycles. The number of esters is 1. The van der Waals surface area contributed by atoms with E-state index in [1.807, 2.05) is 24.3 Å². The number of aromatic amines is 1. The van der Waals surface area contributed by atoms with Crippen LogP contribution >= 0.6 is 0 Å². The number of carbonyl (C=O) groups is 2. The first-order chi connectivity index (χ1) is 10.8. The minimum absolute atomic E-state index is 0.0559. The number of ether oxygens (including phenoxy) is 1. The Kier molecular flexibility index (Phi) is 5.04. The van der Waals surface area contributed by atoms with Gasteiger partial charge >= 0.3 is 5.97 Å². The van der Waals surface area contributed by atoms with Gasteiger partial charge in [0, 0.05) is 11.3 Å². The number of rotatable bonds is 5. The van der Waals surface area contributed by atoms with E-state index >= 15 is 0 Å². The molecule has 0 amide bonds. The van der Waals surface area contributed by atoms with Crippen molar-refractivity contribution in [3.8, 4) is 0 Å². The number of benzene rings is 1. The van der Waals surface area contributed by atoms with Gasteiger partial charge in [-0.05, 0) is 43.4 Å². The van der Waals surface area contributed by atoms with Gasteiger partial charge in [-0.15, -0.1) is 0 Å². The minimum Gasteiger partial charge on any atom is -0.456 e. The largest absolute Gasteiger partial charge is 0.456 e. The second-order valence-corrected chi connectivity index (χ2v) is 6.15. The molecule has 0 fully saturated rings. The fourth-order valence-corrected chi connectivity index (χ4v) is 2.70. The highest BCUT2D eigenvalue weighted by molar-refractivity contribution is 6.01. The maximum absolute atomic E-state index is 12.2. The summed E-state index contributed by atoms with van der Waals surface area (Å²) < 4.78 is 5.36. The lowest BCUT2D eigenvalue weighted by Gasteiger charge is -2.08. The normalized spacial score (nSPS) is 10.9. The molecule has 0 radical (unpaired) electrons. The van der Waals surface area contributed by atoms with Gasteiger partial charge in [-0.3, -0.25) is 4.79 Å². The van der Waals surface area contributed by atoms with Crippen LogP contribution in [0.1, 0.15) is 69.9 Å². The molecule has 4 heteroatoms. The molecule has 0 unspecified atom stereocenters. The van der Waals surface area contributed by atoms with Crippen molar-refractivity contribution >= 4 is 11.8 Å². The van der Waals surface area contributed by atoms with E-state index in [1.54, 1.807) is 13.8 Å². The molecule has 1 aromatic heterocycles. The summed E-state index contributed by atoms with van der Waals surface area (Å²) in [5.74, 6) is -0.0215. The van der Waals surface area contributed by atoms with Crippen molar-refractivity contribution in [2.75, 3.05) is 0 Å². The predicted molar refractivity (Wildman–Crippen MR) is 89.9 cm³/mol. The molecule has 0 atom stereocenters. The van der Waals surface area contributed by atoms with Gasteiger partial charge < -0.3 is 9.72 Å². The highest BCUT2D eigenvalue weighted by Gasteiger charge is 2.20. The number of hydrogen-bond donors (Lipinski definition) is 1. The van der Waals surface area contributed by atoms with Crippen LogP contribution in [-0.4, -0.2) is 16.7 Å². The maximum atomic E-state index is 12.2. The Morgan fingerprint density at radius 2 is 1.74 bits per heavy atom. The zero-order chi connectivity index (χ0) is 17.1. The Morgan fingerprint density at radius 3 is 2.22 bits per heavy atom. The van der Waals surface area contributed by atoms with Gasteiger partial charge in [0.05, 0.1) is 0 Å². The van der Waals surface area contributed by atoms with Gasteiger partial charge in [0.2, 0.25) is 0 Å². The number of aryl methyl sites for hydroxylation is 1. The number of aromatic nitrogens is 1. The van der Waals surface area contributed by atoms with E-state index in [4.69, 9.17) is 4.74 Å². The Balaban J connectivity index is 2.08. The lowest BCUT2D eigenvalue weighted by molar-refractivity contribution is 0.0465. The lowest BCUT2D eigenvalue weighted by atomic mass is 10.0. The number of hydrogen-bond acceptors (Lipinski definition) is 3. The van der Waals surface area contributed by atoms with Crippen molar-refractivity contribution in [2.45, 2.75) is 47.1 Å². The highest BCUT2D eigenvalue weighted by atomic mass is 16.5. The minimum atomic E-state index is -0.439. The zero-order valence-corrected chi connectivity index (χ0v) is 14.3. The van der Waals surface area contributed by atoms with Crippen molar-refractivity contribution in [1.29, 1.82) is 0 Å². The molecule has 0 aliphatic heterocycles. The first kappa shape index (κ1) is 17.0. The monoisotopic (exact) mass is 313 g/mol. The molecule has 0 aliphatic carbocycles. The molecule has 4 nitrogen and oxygen atoms in total. The molecule has 122 valence electrons. The standard InChI is InChI=1S/C19H23NO3/c1-11(2)16-8-6-15(7-9-16)10-23-19(22)18-12(3)17(14(5)21)13(4)20-18/h6-9,11,20H,10H2,1-5H3. The summed E-state index contributed by atoms with van der Waals surface area (Å²) in [4.78, 5) is 26.8. The van der Waals surface area contributed by atoms with Gasteiger partial charge in [-0.2, -0.15) is 0 Å². The molecule has 2 aromatic rings. The molecule has 1 N–H and O–H groups in total. The number of ketones is 1. The van der Waals surface area contributed by atoms with Crippen LogP contribution in [0.3, 0.4) is 0 Å². The Morgan fingerprint density at radius 1 is 1.13 bits per heavy atom. The van der Waals surface area contributed by atoms with Crippen molar-refractivity contribution in [3.05, 3.63) is 57.9 Å². The van der Waals surface area contributed by atoms with Gasteiger partial charge in [-0.25, -0.2) is 4.79 Å². The smallest absolute Gasteiger partial charge is 0.355 e. The first-order valence-corrected chi connectivity index (χ1v) is 7.77. The number of H-pyrrole nitrogens is 1. The molecule has 0 spiro atoms. The third-order valence-corrected chi connectivity index (χ3v) is 4.01. The van der Waals surface area contributed by atoms with Crippen molar-refractivity contribution in [1.82, 2.24) is 4.98 Å². The summed E-state index contributed by atoms with van der Waals surface area (Å²) in [6.07, 6.45) is 0. The number of carbonyl (C=O) groups excluding carboxylic acids is 2. The molecule has 1 heterocycles. The summed E-state index contributed by atoms with van der Waals surface area (Å²) in [5.41, 5.74) is 4.46. The van der Waals surface area contributed by atoms with Gasteiger partial charge in [0.25, 0.3) is 0 Å². The Labute approximate surface area is 136 Å². The average Bonchev–Trinajstić information content (AvgIpc) is 2.80. The molecule has 0 bridgehead atoms. The van der Waals surface area contributed by atoms with Crippen LogP contribution in [0.2, 0.25) is 0 Å². The van der Waals surface area contributed by atoms with E-state index < -0.39 is 5.97 Å².